The van der Waals surface area contributed by atoms with Crippen molar-refractivity contribution in [2.45, 2.75) is 45.2 Å². The topological polar surface area (TPSA) is 61.8 Å². The number of nitrogens with one attached hydrogen (secondary N) is 2. The summed E-state index contributed by atoms with van der Waals surface area (Å²) < 4.78 is 5.44. The maximum absolute atomic E-state index is 5.44. The van der Waals surface area contributed by atoms with E-state index >= 15 is 0 Å². The van der Waals surface area contributed by atoms with Gasteiger partial charge in [0.25, 0.3) is 0 Å². The van der Waals surface area contributed by atoms with E-state index < -0.39 is 0 Å². The van der Waals surface area contributed by atoms with Crippen LogP contribution in [0, 0.1) is 0 Å². The van der Waals surface area contributed by atoms with E-state index in [0.29, 0.717) is 12.5 Å². The van der Waals surface area contributed by atoms with Gasteiger partial charge in [0.05, 0.1) is 30.4 Å². The van der Waals surface area contributed by atoms with Crippen molar-refractivity contribution in [3.8, 4) is 5.75 Å². The molecule has 0 aliphatic carbocycles. The monoisotopic (exact) mass is 543 g/mol. The normalized spacial score (nSPS) is 15.7. The Morgan fingerprint density at radius 2 is 2.03 bits per heavy atom. The van der Waals surface area contributed by atoms with Crippen molar-refractivity contribution in [1.29, 1.82) is 0 Å². The zero-order valence-electron chi connectivity index (χ0n) is 18.4. The smallest absolute Gasteiger partial charge is 0.191 e. The zero-order chi connectivity index (χ0) is 20.6. The Morgan fingerprint density at radius 1 is 1.27 bits per heavy atom. The first-order chi connectivity index (χ1) is 14.1. The summed E-state index contributed by atoms with van der Waals surface area (Å²) in [5.41, 5.74) is 2.33. The highest BCUT2D eigenvalue weighted by Gasteiger charge is 2.24. The average Bonchev–Trinajstić information content (AvgIpc) is 3.43. The minimum atomic E-state index is 0. The first kappa shape index (κ1) is 24.9. The molecule has 0 amide bonds. The maximum Gasteiger partial charge on any atom is 0.191 e. The van der Waals surface area contributed by atoms with E-state index in [1.807, 2.05) is 13.1 Å². The van der Waals surface area contributed by atoms with Crippen LogP contribution in [-0.4, -0.2) is 49.6 Å². The summed E-state index contributed by atoms with van der Waals surface area (Å²) in [7, 11) is 3.53. The van der Waals surface area contributed by atoms with Gasteiger partial charge in [-0.3, -0.25) is 9.89 Å². The number of guanidine groups is 1. The van der Waals surface area contributed by atoms with Gasteiger partial charge < -0.3 is 15.4 Å². The summed E-state index contributed by atoms with van der Waals surface area (Å²) in [6.07, 6.45) is 2.52. The number of thiazole rings is 1. The average molecular weight is 544 g/mol. The highest BCUT2D eigenvalue weighted by atomic mass is 127. The van der Waals surface area contributed by atoms with E-state index in [1.165, 1.54) is 23.4 Å². The van der Waals surface area contributed by atoms with Crippen LogP contribution in [0.1, 0.15) is 54.9 Å². The van der Waals surface area contributed by atoms with Crippen LogP contribution in [0.3, 0.4) is 0 Å². The number of likely N-dealkylation sites (tertiary alicyclic amines) is 1. The van der Waals surface area contributed by atoms with E-state index in [2.05, 4.69) is 58.0 Å². The summed E-state index contributed by atoms with van der Waals surface area (Å²) in [5, 5.41) is 10.2. The highest BCUT2D eigenvalue weighted by Crippen LogP contribution is 2.27. The lowest BCUT2D eigenvalue weighted by Crippen LogP contribution is -2.42. The van der Waals surface area contributed by atoms with Crippen LogP contribution in [0.2, 0.25) is 0 Å². The Labute approximate surface area is 201 Å². The van der Waals surface area contributed by atoms with E-state index in [4.69, 9.17) is 9.72 Å². The van der Waals surface area contributed by atoms with Crippen molar-refractivity contribution in [1.82, 2.24) is 20.5 Å². The van der Waals surface area contributed by atoms with Gasteiger partial charge in [-0.05, 0) is 43.6 Å². The molecule has 0 bridgehead atoms. The molecule has 0 radical (unpaired) electrons. The second kappa shape index (κ2) is 12.5. The molecule has 1 fully saturated rings. The molecule has 1 aliphatic heterocycles. The minimum absolute atomic E-state index is 0. The number of hydrogen-bond acceptors (Lipinski definition) is 5. The zero-order valence-corrected chi connectivity index (χ0v) is 21.5. The van der Waals surface area contributed by atoms with Crippen LogP contribution in [0.25, 0.3) is 0 Å². The second-order valence-corrected chi connectivity index (χ2v) is 8.56. The van der Waals surface area contributed by atoms with Gasteiger partial charge in [0, 0.05) is 24.9 Å². The first-order valence-corrected chi connectivity index (χ1v) is 11.3. The molecule has 1 unspecified atom stereocenters. The standard InChI is InChI=1S/C22H33N5OS.HI/c1-16(2)21-26-18(15-29-21)13-24-22(23-3)25-14-20(27-10-5-6-11-27)17-8-7-9-19(12-17)28-4;/h7-9,12,15-16,20H,5-6,10-11,13-14H2,1-4H3,(H2,23,24,25);1H. The predicted octanol–water partition coefficient (Wildman–Crippen LogP) is 4.40. The number of benzene rings is 1. The van der Waals surface area contributed by atoms with Crippen molar-refractivity contribution < 1.29 is 4.74 Å². The van der Waals surface area contributed by atoms with E-state index in [9.17, 15) is 0 Å². The van der Waals surface area contributed by atoms with Crippen LogP contribution >= 0.6 is 35.3 Å². The molecule has 6 nitrogen and oxygen atoms in total. The van der Waals surface area contributed by atoms with Crippen LogP contribution in [0.5, 0.6) is 5.75 Å². The van der Waals surface area contributed by atoms with Gasteiger partial charge in [0.15, 0.2) is 5.96 Å². The highest BCUT2D eigenvalue weighted by molar-refractivity contribution is 14.0. The number of aliphatic imine (C=N–C) groups is 1. The fourth-order valence-corrected chi connectivity index (χ4v) is 4.45. The fraction of sp³-hybridized carbons (Fsp3) is 0.545. The third-order valence-electron chi connectivity index (χ3n) is 5.25. The molecule has 166 valence electrons. The molecule has 2 N–H and O–H groups in total. The summed E-state index contributed by atoms with van der Waals surface area (Å²) in [5.74, 6) is 2.17. The number of halogens is 1. The molecular formula is C22H34IN5OS. The van der Waals surface area contributed by atoms with Crippen LogP contribution in [0.15, 0.2) is 34.6 Å². The number of methoxy groups -OCH3 is 1. The fourth-order valence-electron chi connectivity index (χ4n) is 3.62. The van der Waals surface area contributed by atoms with Crippen molar-refractivity contribution in [2.24, 2.45) is 4.99 Å². The molecule has 30 heavy (non-hydrogen) atoms. The van der Waals surface area contributed by atoms with Crippen molar-refractivity contribution in [3.05, 3.63) is 45.9 Å². The van der Waals surface area contributed by atoms with Gasteiger partial charge in [-0.25, -0.2) is 4.98 Å². The molecular weight excluding hydrogens is 509 g/mol. The molecule has 0 saturated carbocycles. The molecule has 2 aromatic rings. The molecule has 1 aromatic heterocycles. The Morgan fingerprint density at radius 3 is 2.67 bits per heavy atom. The van der Waals surface area contributed by atoms with Crippen LogP contribution in [-0.2, 0) is 6.54 Å². The lowest BCUT2D eigenvalue weighted by Gasteiger charge is -2.29. The predicted molar refractivity (Wildman–Crippen MR) is 136 cm³/mol. The lowest BCUT2D eigenvalue weighted by molar-refractivity contribution is 0.245. The number of aromatic nitrogens is 1. The molecule has 3 rings (SSSR count). The first-order valence-electron chi connectivity index (χ1n) is 10.4. The molecule has 1 saturated heterocycles. The lowest BCUT2D eigenvalue weighted by atomic mass is 10.1. The van der Waals surface area contributed by atoms with Gasteiger partial charge in [-0.2, -0.15) is 0 Å². The van der Waals surface area contributed by atoms with Gasteiger partial charge in [-0.15, -0.1) is 35.3 Å². The number of rotatable bonds is 8. The number of ether oxygens (including phenoxy) is 1. The SMILES string of the molecule is CN=C(NCc1csc(C(C)C)n1)NCC(c1cccc(OC)c1)N1CCCC1.I. The van der Waals surface area contributed by atoms with E-state index in [1.54, 1.807) is 18.4 Å². The van der Waals surface area contributed by atoms with E-state index in [-0.39, 0.29) is 30.0 Å². The Bertz CT molecular complexity index is 804. The number of hydrogen-bond donors (Lipinski definition) is 2. The van der Waals surface area contributed by atoms with Crippen molar-refractivity contribution >= 4 is 41.3 Å². The molecule has 8 heteroatoms. The minimum Gasteiger partial charge on any atom is -0.497 e. The van der Waals surface area contributed by atoms with Crippen molar-refractivity contribution in [2.75, 3.05) is 33.8 Å². The third-order valence-corrected chi connectivity index (χ3v) is 6.44. The molecule has 1 atom stereocenters. The Kier molecular flexibility index (Phi) is 10.3. The Hall–Kier alpha value is -1.39. The summed E-state index contributed by atoms with van der Waals surface area (Å²) in [6, 6.07) is 8.68. The Balaban J connectivity index is 0.00000320. The number of nitrogens with zero attached hydrogens (tertiary/aromatic N) is 3. The van der Waals surface area contributed by atoms with Crippen LogP contribution < -0.4 is 15.4 Å². The van der Waals surface area contributed by atoms with Gasteiger partial charge in [0.1, 0.15) is 5.75 Å². The summed E-state index contributed by atoms with van der Waals surface area (Å²) >= 11 is 1.72. The van der Waals surface area contributed by atoms with Crippen LogP contribution in [0.4, 0.5) is 0 Å². The van der Waals surface area contributed by atoms with Gasteiger partial charge in [0.2, 0.25) is 0 Å². The second-order valence-electron chi connectivity index (χ2n) is 7.67. The largest absolute Gasteiger partial charge is 0.497 e. The summed E-state index contributed by atoms with van der Waals surface area (Å²) in [4.78, 5) is 11.6. The van der Waals surface area contributed by atoms with Gasteiger partial charge in [-0.1, -0.05) is 26.0 Å². The molecule has 1 aromatic carbocycles. The molecule has 1 aliphatic rings. The third kappa shape index (κ3) is 6.81. The molecule has 2 heterocycles. The van der Waals surface area contributed by atoms with Gasteiger partial charge >= 0.3 is 0 Å². The van der Waals surface area contributed by atoms with E-state index in [0.717, 1.165) is 37.0 Å². The maximum atomic E-state index is 5.44. The molecule has 0 spiro atoms. The van der Waals surface area contributed by atoms with Crippen molar-refractivity contribution in [3.63, 3.8) is 0 Å². The summed E-state index contributed by atoms with van der Waals surface area (Å²) in [6.45, 7) is 8.08. The quantitative estimate of drug-likeness (QED) is 0.294.